The maximum atomic E-state index is 13.1. The summed E-state index contributed by atoms with van der Waals surface area (Å²) in [4.78, 5) is 13.1. The summed E-state index contributed by atoms with van der Waals surface area (Å²) in [5.74, 6) is -3.12. The van der Waals surface area contributed by atoms with Gasteiger partial charge in [-0.2, -0.15) is 0 Å². The lowest BCUT2D eigenvalue weighted by Crippen LogP contribution is -2.63. The first-order valence-electron chi connectivity index (χ1n) is 15.4. The smallest absolute Gasteiger partial charge is 0.309 e. The van der Waals surface area contributed by atoms with Crippen LogP contribution in [0.3, 0.4) is 0 Å². The van der Waals surface area contributed by atoms with Gasteiger partial charge in [0.05, 0.1) is 67.5 Å². The van der Waals surface area contributed by atoms with Crippen LogP contribution >= 0.6 is 0 Å². The molecule has 5 aliphatic rings. The first-order chi connectivity index (χ1) is 20.8. The van der Waals surface area contributed by atoms with E-state index in [1.165, 1.54) is 0 Å². The molecule has 5 rings (SSSR count). The molecule has 0 aromatic carbocycles. The third-order valence-corrected chi connectivity index (χ3v) is 10.1. The van der Waals surface area contributed by atoms with E-state index in [0.717, 1.165) is 0 Å². The molecule has 5 fully saturated rings. The van der Waals surface area contributed by atoms with Crippen molar-refractivity contribution >= 4 is 5.97 Å². The molecular formula is C28H46O16. The summed E-state index contributed by atoms with van der Waals surface area (Å²) in [5.41, 5.74) is 0. The van der Waals surface area contributed by atoms with Crippen LogP contribution in [0.4, 0.5) is 0 Å². The largest absolute Gasteiger partial charge is 0.454 e. The summed E-state index contributed by atoms with van der Waals surface area (Å²) in [6, 6.07) is 0. The molecule has 3 saturated carbocycles. The van der Waals surface area contributed by atoms with Crippen molar-refractivity contribution in [2.75, 3.05) is 6.61 Å². The Hall–Kier alpha value is -1.09. The summed E-state index contributed by atoms with van der Waals surface area (Å²) >= 11 is 0. The number of hydrogen-bond donors (Lipinski definition) is 11. The van der Waals surface area contributed by atoms with E-state index in [4.69, 9.17) is 18.9 Å². The molecule has 0 aromatic heterocycles. The predicted molar refractivity (Wildman–Crippen MR) is 142 cm³/mol. The zero-order valence-corrected chi connectivity index (χ0v) is 24.1. The van der Waals surface area contributed by atoms with E-state index in [1.54, 1.807) is 0 Å². The average molecular weight is 639 g/mol. The Balaban J connectivity index is 1.39. The maximum Gasteiger partial charge on any atom is 0.309 e. The van der Waals surface area contributed by atoms with Gasteiger partial charge in [-0.3, -0.25) is 4.79 Å². The molecular weight excluding hydrogens is 592 g/mol. The minimum atomic E-state index is -1.81. The third-order valence-electron chi connectivity index (χ3n) is 10.1. The van der Waals surface area contributed by atoms with Crippen LogP contribution in [0, 0.1) is 17.8 Å². The molecule has 2 aliphatic heterocycles. The Bertz CT molecular complexity index is 948. The molecule has 254 valence electrons. The van der Waals surface area contributed by atoms with Crippen molar-refractivity contribution in [1.82, 2.24) is 0 Å². The second-order valence-corrected chi connectivity index (χ2v) is 13.2. The fraction of sp³-hybridized carbons (Fsp3) is 0.964. The number of aliphatic hydroxyl groups is 11. The van der Waals surface area contributed by atoms with Gasteiger partial charge >= 0.3 is 5.97 Å². The minimum Gasteiger partial charge on any atom is -0.454 e. The molecule has 11 N–H and O–H groups in total. The number of rotatable bonds is 6. The molecule has 0 amide bonds. The zero-order valence-electron chi connectivity index (χ0n) is 24.1. The molecule has 2 heterocycles. The molecule has 15 atom stereocenters. The lowest BCUT2D eigenvalue weighted by atomic mass is 9.72. The summed E-state index contributed by atoms with van der Waals surface area (Å²) in [6.45, 7) is -0.734. The maximum absolute atomic E-state index is 13.1. The van der Waals surface area contributed by atoms with E-state index in [-0.39, 0.29) is 44.9 Å². The molecule has 16 nitrogen and oxygen atoms in total. The second kappa shape index (κ2) is 13.9. The Labute approximate surface area is 253 Å². The lowest BCUT2D eigenvalue weighted by molar-refractivity contribution is -0.336. The topological polar surface area (TPSA) is 277 Å². The van der Waals surface area contributed by atoms with Crippen LogP contribution in [0.25, 0.3) is 0 Å². The van der Waals surface area contributed by atoms with Crippen molar-refractivity contribution in [2.24, 2.45) is 17.8 Å². The van der Waals surface area contributed by atoms with Gasteiger partial charge in [-0.15, -0.1) is 0 Å². The number of carbonyl (C=O) groups is 1. The molecule has 3 aliphatic carbocycles. The normalized spacial score (nSPS) is 53.5. The molecule has 16 heteroatoms. The summed E-state index contributed by atoms with van der Waals surface area (Å²) < 4.78 is 23.9. The van der Waals surface area contributed by atoms with Gasteiger partial charge in [0, 0.05) is 5.92 Å². The Kier molecular flexibility index (Phi) is 10.9. The highest BCUT2D eigenvalue weighted by Crippen LogP contribution is 2.43. The summed E-state index contributed by atoms with van der Waals surface area (Å²) in [5, 5.41) is 113. The van der Waals surface area contributed by atoms with Crippen molar-refractivity contribution in [3.05, 3.63) is 0 Å². The quantitative estimate of drug-likeness (QED) is 0.122. The molecule has 0 aromatic rings. The standard InChI is InChI=1S/C28H46O16/c29-8-20-23(38)24(39)26(44-27(40)10-3-16(34)22(37)17(35)4-10)28(43-20)42-19-7-12-13(31)5-11(30)6-18(12)41-25(19)9-1-14(32)21(36)15(33)2-9/h9-26,28-39H,1-8H2. The number of carbonyl (C=O) groups excluding carboxylic acids is 1. The van der Waals surface area contributed by atoms with Crippen LogP contribution in [-0.4, -0.2) is 167 Å². The van der Waals surface area contributed by atoms with Crippen LogP contribution in [0.5, 0.6) is 0 Å². The number of hydrogen-bond acceptors (Lipinski definition) is 16. The number of ether oxygens (including phenoxy) is 4. The monoisotopic (exact) mass is 638 g/mol. The zero-order chi connectivity index (χ0) is 32.0. The van der Waals surface area contributed by atoms with E-state index < -0.39 is 128 Å². The molecule has 44 heavy (non-hydrogen) atoms. The van der Waals surface area contributed by atoms with Crippen LogP contribution in [0.1, 0.15) is 44.9 Å². The van der Waals surface area contributed by atoms with E-state index in [0.29, 0.717) is 0 Å². The van der Waals surface area contributed by atoms with Crippen LogP contribution in [0.15, 0.2) is 0 Å². The third kappa shape index (κ3) is 6.94. The highest BCUT2D eigenvalue weighted by atomic mass is 16.7. The van der Waals surface area contributed by atoms with E-state index in [2.05, 4.69) is 0 Å². The van der Waals surface area contributed by atoms with E-state index in [9.17, 15) is 61.0 Å². The molecule has 2 saturated heterocycles. The Morgan fingerprint density at radius 3 is 1.84 bits per heavy atom. The highest BCUT2D eigenvalue weighted by Gasteiger charge is 2.54. The van der Waals surface area contributed by atoms with Gasteiger partial charge in [-0.1, -0.05) is 0 Å². The lowest BCUT2D eigenvalue weighted by Gasteiger charge is -2.51. The second-order valence-electron chi connectivity index (χ2n) is 13.2. The van der Waals surface area contributed by atoms with Crippen molar-refractivity contribution in [3.63, 3.8) is 0 Å². The Morgan fingerprint density at radius 1 is 0.659 bits per heavy atom. The summed E-state index contributed by atoms with van der Waals surface area (Å²) in [7, 11) is 0. The van der Waals surface area contributed by atoms with Gasteiger partial charge < -0.3 is 75.1 Å². The van der Waals surface area contributed by atoms with Gasteiger partial charge in [0.1, 0.15) is 30.5 Å². The van der Waals surface area contributed by atoms with Gasteiger partial charge in [-0.05, 0) is 50.9 Å². The Morgan fingerprint density at radius 2 is 1.25 bits per heavy atom. The van der Waals surface area contributed by atoms with Gasteiger partial charge in [-0.25, -0.2) is 0 Å². The SMILES string of the molecule is O=C(OC1C(OC2CC3C(O)CC(O)CC3OC2C2CC(O)C(O)C(O)C2)OC(CO)C(O)C1O)C1CC(O)C(O)C(O)C1. The molecule has 0 radical (unpaired) electrons. The summed E-state index contributed by atoms with van der Waals surface area (Å²) in [6.07, 6.45) is -20.5. The van der Waals surface area contributed by atoms with Gasteiger partial charge in [0.2, 0.25) is 0 Å². The fourth-order valence-corrected chi connectivity index (χ4v) is 7.57. The van der Waals surface area contributed by atoms with Crippen LogP contribution in [0.2, 0.25) is 0 Å². The number of fused-ring (bicyclic) bond motifs is 1. The van der Waals surface area contributed by atoms with Gasteiger partial charge in [0.15, 0.2) is 12.4 Å². The average Bonchev–Trinajstić information content (AvgIpc) is 2.97. The number of aliphatic hydroxyl groups excluding tert-OH is 11. The van der Waals surface area contributed by atoms with Crippen molar-refractivity contribution in [1.29, 1.82) is 0 Å². The van der Waals surface area contributed by atoms with Crippen LogP contribution in [-0.2, 0) is 23.7 Å². The first-order valence-corrected chi connectivity index (χ1v) is 15.4. The van der Waals surface area contributed by atoms with Crippen LogP contribution < -0.4 is 0 Å². The van der Waals surface area contributed by atoms with Gasteiger partial charge in [0.25, 0.3) is 0 Å². The van der Waals surface area contributed by atoms with E-state index in [1.807, 2.05) is 0 Å². The van der Waals surface area contributed by atoms with Crippen molar-refractivity contribution in [3.8, 4) is 0 Å². The highest BCUT2D eigenvalue weighted by molar-refractivity contribution is 5.73. The van der Waals surface area contributed by atoms with E-state index >= 15 is 0 Å². The van der Waals surface area contributed by atoms with Crippen molar-refractivity contribution < 1.29 is 79.9 Å². The first kappa shape index (κ1) is 34.3. The predicted octanol–water partition coefficient (Wildman–Crippen LogP) is -5.00. The molecule has 0 bridgehead atoms. The fourth-order valence-electron chi connectivity index (χ4n) is 7.57. The van der Waals surface area contributed by atoms with Crippen molar-refractivity contribution in [2.45, 2.75) is 143 Å². The minimum absolute atomic E-state index is 0.0218. The molecule has 0 spiro atoms. The molecule has 15 unspecified atom stereocenters. The number of esters is 1.